The number of rotatable bonds is 6. The van der Waals surface area contributed by atoms with Crippen LogP contribution in [0.4, 0.5) is 0 Å². The van der Waals surface area contributed by atoms with Crippen molar-refractivity contribution in [1.82, 2.24) is 9.88 Å². The number of pyridine rings is 1. The van der Waals surface area contributed by atoms with Gasteiger partial charge in [0.15, 0.2) is 0 Å². The van der Waals surface area contributed by atoms with Crippen LogP contribution in [-0.2, 0) is 0 Å². The summed E-state index contributed by atoms with van der Waals surface area (Å²) < 4.78 is 0. The van der Waals surface area contributed by atoms with Crippen molar-refractivity contribution in [2.75, 3.05) is 19.6 Å². The van der Waals surface area contributed by atoms with Crippen LogP contribution in [0.25, 0.3) is 5.57 Å². The van der Waals surface area contributed by atoms with Gasteiger partial charge in [0.05, 0.1) is 11.4 Å². The maximum Gasteiger partial charge on any atom is 0.0765 e. The highest BCUT2D eigenvalue weighted by Crippen LogP contribution is 2.28. The first-order chi connectivity index (χ1) is 10.8. The molecule has 4 heteroatoms. The van der Waals surface area contributed by atoms with Crippen LogP contribution in [0.3, 0.4) is 0 Å². The monoisotopic (exact) mass is 294 g/mol. The summed E-state index contributed by atoms with van der Waals surface area (Å²) in [4.78, 5) is 6.61. The Balaban J connectivity index is 1.70. The van der Waals surface area contributed by atoms with Gasteiger partial charge in [-0.15, -0.1) is 0 Å². The van der Waals surface area contributed by atoms with Crippen LogP contribution in [0.5, 0.6) is 0 Å². The summed E-state index contributed by atoms with van der Waals surface area (Å²) in [6, 6.07) is 4.06. The summed E-state index contributed by atoms with van der Waals surface area (Å²) in [5.74, 6) is 0. The molecule has 0 bridgehead atoms. The smallest absolute Gasteiger partial charge is 0.0765 e. The molecule has 0 fully saturated rings. The van der Waals surface area contributed by atoms with Gasteiger partial charge >= 0.3 is 0 Å². The maximum absolute atomic E-state index is 4.41. The van der Waals surface area contributed by atoms with Crippen molar-refractivity contribution in [2.45, 2.75) is 26.7 Å². The van der Waals surface area contributed by atoms with Crippen LogP contribution in [-0.4, -0.2) is 40.9 Å². The van der Waals surface area contributed by atoms with E-state index in [4.69, 9.17) is 0 Å². The minimum atomic E-state index is 0.843. The highest BCUT2D eigenvalue weighted by atomic mass is 15.2. The van der Waals surface area contributed by atoms with E-state index in [0.717, 1.165) is 49.5 Å². The summed E-state index contributed by atoms with van der Waals surface area (Å²) in [7, 11) is 0. The fourth-order valence-corrected chi connectivity index (χ4v) is 2.88. The Bertz CT molecular complexity index is 649. The Kier molecular flexibility index (Phi) is 4.59. The molecule has 1 aromatic rings. The van der Waals surface area contributed by atoms with E-state index in [1.54, 1.807) is 6.20 Å². The summed E-state index contributed by atoms with van der Waals surface area (Å²) in [5.41, 5.74) is 5.87. The van der Waals surface area contributed by atoms with Crippen LogP contribution in [0.15, 0.2) is 52.5 Å². The van der Waals surface area contributed by atoms with E-state index in [-0.39, 0.29) is 0 Å². The first kappa shape index (κ1) is 14.9. The minimum absolute atomic E-state index is 0.843. The largest absolute Gasteiger partial charge is 0.303 e. The molecule has 0 aromatic carbocycles. The van der Waals surface area contributed by atoms with Crippen LogP contribution in [0.1, 0.15) is 32.3 Å². The Morgan fingerprint density at radius 2 is 2.00 bits per heavy atom. The molecule has 0 saturated carbocycles. The quantitative estimate of drug-likeness (QED) is 0.807. The Hall–Kier alpha value is -2.07. The van der Waals surface area contributed by atoms with Crippen molar-refractivity contribution >= 4 is 17.0 Å². The summed E-state index contributed by atoms with van der Waals surface area (Å²) in [5, 5.41) is 8.81. The molecule has 4 nitrogen and oxygen atoms in total. The standard InChI is InChI=1S/C18H22N4/c1-3-22(4-2)11-9-17-16-8-7-14(12-18(16)21-20-17)15-6-5-10-19-13-15/h5-8,10,13H,3-4,9,11-12H2,1-2H3. The molecule has 0 spiro atoms. The van der Waals surface area contributed by atoms with Crippen LogP contribution in [0.2, 0.25) is 0 Å². The van der Waals surface area contributed by atoms with Crippen molar-refractivity contribution < 1.29 is 0 Å². The Labute approximate surface area is 132 Å². The SMILES string of the molecule is CCN(CC)CCC1=NN=C2CC(c3cccnc3)=CC=C12. The van der Waals surface area contributed by atoms with Crippen LogP contribution >= 0.6 is 0 Å². The lowest BCUT2D eigenvalue weighted by Gasteiger charge is -2.19. The van der Waals surface area contributed by atoms with Gasteiger partial charge in [-0.3, -0.25) is 4.98 Å². The lowest BCUT2D eigenvalue weighted by atomic mass is 9.90. The summed E-state index contributed by atoms with van der Waals surface area (Å²) in [6.45, 7) is 7.61. The molecule has 0 saturated heterocycles. The molecule has 1 aliphatic heterocycles. The Morgan fingerprint density at radius 1 is 1.14 bits per heavy atom. The third-order valence-corrected chi connectivity index (χ3v) is 4.31. The molecule has 0 unspecified atom stereocenters. The zero-order valence-corrected chi connectivity index (χ0v) is 13.3. The van der Waals surface area contributed by atoms with E-state index in [9.17, 15) is 0 Å². The van der Waals surface area contributed by atoms with Gasteiger partial charge in [0.1, 0.15) is 0 Å². The molecule has 0 amide bonds. The first-order valence-corrected chi connectivity index (χ1v) is 7.99. The lowest BCUT2D eigenvalue weighted by molar-refractivity contribution is 0.313. The summed E-state index contributed by atoms with van der Waals surface area (Å²) in [6.07, 6.45) is 9.87. The van der Waals surface area contributed by atoms with E-state index < -0.39 is 0 Å². The second-order valence-electron chi connectivity index (χ2n) is 5.56. The number of hydrogen-bond donors (Lipinski definition) is 0. The van der Waals surface area contributed by atoms with Gasteiger partial charge in [-0.2, -0.15) is 10.2 Å². The average Bonchev–Trinajstić information content (AvgIpc) is 2.99. The first-order valence-electron chi connectivity index (χ1n) is 7.99. The van der Waals surface area contributed by atoms with E-state index in [0.29, 0.717) is 0 Å². The predicted octanol–water partition coefficient (Wildman–Crippen LogP) is 3.34. The van der Waals surface area contributed by atoms with Gasteiger partial charge in [0.2, 0.25) is 0 Å². The molecule has 1 aliphatic carbocycles. The number of allylic oxidation sites excluding steroid dienone is 4. The van der Waals surface area contributed by atoms with Gasteiger partial charge in [0.25, 0.3) is 0 Å². The predicted molar refractivity (Wildman–Crippen MR) is 92.2 cm³/mol. The molecule has 2 aliphatic rings. The second kappa shape index (κ2) is 6.79. The molecule has 2 heterocycles. The van der Waals surface area contributed by atoms with Crippen molar-refractivity contribution in [2.24, 2.45) is 10.2 Å². The van der Waals surface area contributed by atoms with E-state index in [1.165, 1.54) is 11.1 Å². The van der Waals surface area contributed by atoms with E-state index in [2.05, 4.69) is 52.2 Å². The van der Waals surface area contributed by atoms with Gasteiger partial charge in [-0.1, -0.05) is 32.1 Å². The number of nitrogens with zero attached hydrogens (tertiary/aromatic N) is 4. The van der Waals surface area contributed by atoms with Crippen LogP contribution < -0.4 is 0 Å². The molecule has 1 aromatic heterocycles. The highest BCUT2D eigenvalue weighted by Gasteiger charge is 2.23. The number of fused-ring (bicyclic) bond motifs is 1. The topological polar surface area (TPSA) is 40.9 Å². The fourth-order valence-electron chi connectivity index (χ4n) is 2.88. The average molecular weight is 294 g/mol. The zero-order chi connectivity index (χ0) is 15.4. The molecular weight excluding hydrogens is 272 g/mol. The van der Waals surface area contributed by atoms with Gasteiger partial charge in [-0.25, -0.2) is 0 Å². The van der Waals surface area contributed by atoms with Crippen molar-refractivity contribution in [1.29, 1.82) is 0 Å². The minimum Gasteiger partial charge on any atom is -0.303 e. The lowest BCUT2D eigenvalue weighted by Crippen LogP contribution is -2.26. The van der Waals surface area contributed by atoms with Crippen LogP contribution in [0, 0.1) is 0 Å². The third-order valence-electron chi connectivity index (χ3n) is 4.31. The zero-order valence-electron chi connectivity index (χ0n) is 13.3. The maximum atomic E-state index is 4.41. The molecule has 0 N–H and O–H groups in total. The molecule has 0 atom stereocenters. The normalized spacial score (nSPS) is 16.9. The number of hydrogen-bond acceptors (Lipinski definition) is 4. The van der Waals surface area contributed by atoms with Crippen molar-refractivity contribution in [3.8, 4) is 0 Å². The molecule has 114 valence electrons. The van der Waals surface area contributed by atoms with E-state index >= 15 is 0 Å². The second-order valence-corrected chi connectivity index (χ2v) is 5.56. The summed E-state index contributed by atoms with van der Waals surface area (Å²) >= 11 is 0. The van der Waals surface area contributed by atoms with Crippen molar-refractivity contribution in [3.63, 3.8) is 0 Å². The highest BCUT2D eigenvalue weighted by molar-refractivity contribution is 6.29. The third kappa shape index (κ3) is 3.07. The molecule has 22 heavy (non-hydrogen) atoms. The fraction of sp³-hybridized carbons (Fsp3) is 0.389. The molecular formula is C18H22N4. The van der Waals surface area contributed by atoms with Gasteiger partial charge in [-0.05, 0) is 30.3 Å². The molecule has 0 radical (unpaired) electrons. The number of aromatic nitrogens is 1. The van der Waals surface area contributed by atoms with Gasteiger partial charge in [0, 0.05) is 37.4 Å². The Morgan fingerprint density at radius 3 is 2.73 bits per heavy atom. The van der Waals surface area contributed by atoms with E-state index in [1.807, 2.05) is 12.3 Å². The van der Waals surface area contributed by atoms with Gasteiger partial charge < -0.3 is 4.90 Å². The van der Waals surface area contributed by atoms with Crippen molar-refractivity contribution in [3.05, 3.63) is 47.8 Å². The molecule has 3 rings (SSSR count).